The first-order valence-electron chi connectivity index (χ1n) is 6.83. The highest BCUT2D eigenvalue weighted by atomic mass is 19.1. The summed E-state index contributed by atoms with van der Waals surface area (Å²) in [6.07, 6.45) is 1.53. The predicted octanol–water partition coefficient (Wildman–Crippen LogP) is 3.41. The van der Waals surface area contributed by atoms with Gasteiger partial charge in [0.1, 0.15) is 17.2 Å². The Morgan fingerprint density at radius 2 is 2.10 bits per heavy atom. The van der Waals surface area contributed by atoms with Crippen LogP contribution in [0.3, 0.4) is 0 Å². The summed E-state index contributed by atoms with van der Waals surface area (Å²) < 4.78 is 33.5. The first-order chi connectivity index (χ1) is 9.72. The summed E-state index contributed by atoms with van der Waals surface area (Å²) in [6, 6.07) is 2.27. The van der Waals surface area contributed by atoms with Crippen molar-refractivity contribution in [1.82, 2.24) is 4.98 Å². The Labute approximate surface area is 116 Å². The van der Waals surface area contributed by atoms with Crippen LogP contribution in [0.1, 0.15) is 24.6 Å². The lowest BCUT2D eigenvalue weighted by atomic mass is 10.0. The first-order valence-corrected chi connectivity index (χ1v) is 6.83. The van der Waals surface area contributed by atoms with Crippen LogP contribution in [0.25, 0.3) is 10.9 Å². The van der Waals surface area contributed by atoms with Crippen molar-refractivity contribution in [2.75, 3.05) is 18.5 Å². The van der Waals surface area contributed by atoms with Crippen LogP contribution in [0.4, 0.5) is 14.5 Å². The molecule has 5 heteroatoms. The Bertz CT molecular complexity index is 658. The molecule has 20 heavy (non-hydrogen) atoms. The Kier molecular flexibility index (Phi) is 3.53. The molecule has 0 fully saturated rings. The van der Waals surface area contributed by atoms with E-state index in [9.17, 15) is 8.78 Å². The van der Waals surface area contributed by atoms with Crippen LogP contribution in [0.5, 0.6) is 0 Å². The molecule has 1 aliphatic heterocycles. The Morgan fingerprint density at radius 3 is 2.90 bits per heavy atom. The largest absolute Gasteiger partial charge is 0.384 e. The second-order valence-electron chi connectivity index (χ2n) is 4.89. The summed E-state index contributed by atoms with van der Waals surface area (Å²) in [5, 5.41) is 3.43. The topological polar surface area (TPSA) is 34.2 Å². The normalized spacial score (nSPS) is 14.3. The van der Waals surface area contributed by atoms with Crippen molar-refractivity contribution in [3.8, 4) is 0 Å². The molecule has 3 nitrogen and oxygen atoms in total. The fraction of sp³-hybridized carbons (Fsp3) is 0.400. The minimum absolute atomic E-state index is 0.101. The van der Waals surface area contributed by atoms with Crippen molar-refractivity contribution in [2.45, 2.75) is 26.4 Å². The molecule has 0 bridgehead atoms. The van der Waals surface area contributed by atoms with E-state index >= 15 is 0 Å². The number of hydrogen-bond donors (Lipinski definition) is 1. The van der Waals surface area contributed by atoms with Crippen LogP contribution in [0.2, 0.25) is 0 Å². The van der Waals surface area contributed by atoms with Crippen LogP contribution in [0.15, 0.2) is 12.1 Å². The van der Waals surface area contributed by atoms with E-state index in [-0.39, 0.29) is 10.9 Å². The molecule has 0 amide bonds. The van der Waals surface area contributed by atoms with Gasteiger partial charge in [-0.05, 0) is 18.6 Å². The van der Waals surface area contributed by atoms with Crippen molar-refractivity contribution >= 4 is 16.6 Å². The van der Waals surface area contributed by atoms with Gasteiger partial charge >= 0.3 is 0 Å². The second-order valence-corrected chi connectivity index (χ2v) is 4.89. The predicted molar refractivity (Wildman–Crippen MR) is 73.8 cm³/mol. The number of anilines is 1. The fourth-order valence-corrected chi connectivity index (χ4v) is 2.54. The Hall–Kier alpha value is -1.75. The smallest absolute Gasteiger partial charge is 0.149 e. The zero-order chi connectivity index (χ0) is 14.1. The van der Waals surface area contributed by atoms with Crippen LogP contribution < -0.4 is 5.32 Å². The van der Waals surface area contributed by atoms with E-state index in [0.29, 0.717) is 31.9 Å². The molecule has 1 N–H and O–H groups in total. The van der Waals surface area contributed by atoms with Gasteiger partial charge in [0, 0.05) is 18.5 Å². The third-order valence-corrected chi connectivity index (χ3v) is 3.51. The van der Waals surface area contributed by atoms with Gasteiger partial charge < -0.3 is 10.1 Å². The summed E-state index contributed by atoms with van der Waals surface area (Å²) in [5.41, 5.74) is 2.38. The zero-order valence-corrected chi connectivity index (χ0v) is 11.3. The van der Waals surface area contributed by atoms with Gasteiger partial charge in [0.2, 0.25) is 0 Å². The van der Waals surface area contributed by atoms with Crippen LogP contribution in [-0.4, -0.2) is 18.1 Å². The molecule has 0 atom stereocenters. The lowest BCUT2D eigenvalue weighted by Crippen LogP contribution is -2.16. The van der Waals surface area contributed by atoms with Gasteiger partial charge in [-0.25, -0.2) is 13.8 Å². The van der Waals surface area contributed by atoms with E-state index in [0.717, 1.165) is 29.8 Å². The highest BCUT2D eigenvalue weighted by molar-refractivity contribution is 5.94. The number of hydrogen-bond acceptors (Lipinski definition) is 3. The SMILES string of the molecule is CCCNc1c2c(nc3c(F)ccc(F)c13)CCOC2. The maximum Gasteiger partial charge on any atom is 0.149 e. The van der Waals surface area contributed by atoms with Gasteiger partial charge in [0.05, 0.1) is 30.0 Å². The minimum atomic E-state index is -0.491. The average molecular weight is 278 g/mol. The molecule has 106 valence electrons. The standard InChI is InChI=1S/C15H16F2N2O/c1-2-6-18-14-9-8-20-7-5-12(9)19-15-11(17)4-3-10(16)13(14)15/h3-4H,2,5-8H2,1H3,(H,18,19). The van der Waals surface area contributed by atoms with Crippen LogP contribution in [0, 0.1) is 11.6 Å². The van der Waals surface area contributed by atoms with E-state index in [4.69, 9.17) is 4.74 Å². The molecule has 0 radical (unpaired) electrons. The van der Waals surface area contributed by atoms with Crippen molar-refractivity contribution in [1.29, 1.82) is 0 Å². The first kappa shape index (κ1) is 13.2. The number of aromatic nitrogens is 1. The number of nitrogens with one attached hydrogen (secondary N) is 1. The van der Waals surface area contributed by atoms with Gasteiger partial charge in [0.25, 0.3) is 0 Å². The number of benzene rings is 1. The number of nitrogens with zero attached hydrogens (tertiary/aromatic N) is 1. The van der Waals surface area contributed by atoms with Crippen molar-refractivity contribution in [3.63, 3.8) is 0 Å². The third kappa shape index (κ3) is 2.12. The summed E-state index contributed by atoms with van der Waals surface area (Å²) in [4.78, 5) is 4.31. The number of halogens is 2. The average Bonchev–Trinajstić information content (AvgIpc) is 2.48. The molecule has 0 saturated heterocycles. The van der Waals surface area contributed by atoms with Crippen LogP contribution >= 0.6 is 0 Å². The molecule has 0 aliphatic carbocycles. The number of rotatable bonds is 3. The summed E-state index contributed by atoms with van der Waals surface area (Å²) >= 11 is 0. The molecule has 2 aromatic rings. The quantitative estimate of drug-likeness (QED) is 0.934. The third-order valence-electron chi connectivity index (χ3n) is 3.51. The highest BCUT2D eigenvalue weighted by Crippen LogP contribution is 2.34. The van der Waals surface area contributed by atoms with E-state index in [1.54, 1.807) is 0 Å². The van der Waals surface area contributed by atoms with Crippen molar-refractivity contribution in [3.05, 3.63) is 35.0 Å². The molecule has 3 rings (SSSR count). The highest BCUT2D eigenvalue weighted by Gasteiger charge is 2.22. The minimum Gasteiger partial charge on any atom is -0.384 e. The maximum absolute atomic E-state index is 14.1. The molecular formula is C15H16F2N2O. The Morgan fingerprint density at radius 1 is 1.30 bits per heavy atom. The lowest BCUT2D eigenvalue weighted by molar-refractivity contribution is 0.110. The van der Waals surface area contributed by atoms with E-state index in [2.05, 4.69) is 10.3 Å². The summed E-state index contributed by atoms with van der Waals surface area (Å²) in [7, 11) is 0. The second kappa shape index (κ2) is 5.32. The fourth-order valence-electron chi connectivity index (χ4n) is 2.54. The molecule has 1 aliphatic rings. The van der Waals surface area contributed by atoms with Gasteiger partial charge in [-0.15, -0.1) is 0 Å². The van der Waals surface area contributed by atoms with Crippen molar-refractivity contribution in [2.24, 2.45) is 0 Å². The van der Waals surface area contributed by atoms with Gasteiger partial charge in [-0.1, -0.05) is 6.92 Å². The molecule has 0 spiro atoms. The molecule has 0 saturated carbocycles. The molecule has 0 unspecified atom stereocenters. The zero-order valence-electron chi connectivity index (χ0n) is 11.3. The molecule has 2 heterocycles. The number of pyridine rings is 1. The Balaban J connectivity index is 2.30. The lowest BCUT2D eigenvalue weighted by Gasteiger charge is -2.22. The van der Waals surface area contributed by atoms with Gasteiger partial charge in [0.15, 0.2) is 0 Å². The van der Waals surface area contributed by atoms with Crippen molar-refractivity contribution < 1.29 is 13.5 Å². The summed E-state index contributed by atoms with van der Waals surface area (Å²) in [5.74, 6) is -0.948. The van der Waals surface area contributed by atoms with Gasteiger partial charge in [-0.2, -0.15) is 0 Å². The number of ether oxygens (including phenoxy) is 1. The molecule has 1 aromatic carbocycles. The van der Waals surface area contributed by atoms with E-state index < -0.39 is 11.6 Å². The summed E-state index contributed by atoms with van der Waals surface area (Å²) in [6.45, 7) is 3.67. The monoisotopic (exact) mass is 278 g/mol. The van der Waals surface area contributed by atoms with E-state index in [1.165, 1.54) is 0 Å². The maximum atomic E-state index is 14.1. The molecule has 1 aromatic heterocycles. The number of fused-ring (bicyclic) bond motifs is 2. The molecular weight excluding hydrogens is 262 g/mol. The van der Waals surface area contributed by atoms with Crippen LogP contribution in [-0.2, 0) is 17.8 Å². The van der Waals surface area contributed by atoms with E-state index in [1.807, 2.05) is 6.92 Å². The van der Waals surface area contributed by atoms with Gasteiger partial charge in [-0.3, -0.25) is 0 Å².